The Bertz CT molecular complexity index is 453. The molecule has 0 atom stereocenters. The van der Waals surface area contributed by atoms with Crippen molar-refractivity contribution in [3.05, 3.63) is 35.4 Å². The third kappa shape index (κ3) is 4.40. The maximum Gasteiger partial charge on any atom is 0.254 e. The molecule has 1 aliphatic rings. The molecule has 1 saturated heterocycles. The Morgan fingerprint density at radius 1 is 1.30 bits per heavy atom. The van der Waals surface area contributed by atoms with Gasteiger partial charge in [0.15, 0.2) is 11.6 Å². The standard InChI is InChI=1S/C13H17F2N3O.ClH/c14-11-3-1-2-10(12(11)15)13(19)17-6-9-18-7-4-16-5-8-18;/h1-3,16H,4-9H2,(H,17,19);1H. The van der Waals surface area contributed by atoms with Crippen LogP contribution in [0.2, 0.25) is 0 Å². The lowest BCUT2D eigenvalue weighted by atomic mass is 10.2. The van der Waals surface area contributed by atoms with Gasteiger partial charge in [-0.05, 0) is 12.1 Å². The molecule has 0 aliphatic carbocycles. The summed E-state index contributed by atoms with van der Waals surface area (Å²) in [4.78, 5) is 13.9. The van der Waals surface area contributed by atoms with E-state index in [0.29, 0.717) is 13.1 Å². The van der Waals surface area contributed by atoms with E-state index in [4.69, 9.17) is 0 Å². The van der Waals surface area contributed by atoms with Crippen LogP contribution in [0.5, 0.6) is 0 Å². The Labute approximate surface area is 122 Å². The van der Waals surface area contributed by atoms with Crippen LogP contribution < -0.4 is 10.6 Å². The molecule has 1 aromatic carbocycles. The van der Waals surface area contributed by atoms with Gasteiger partial charge in [-0.15, -0.1) is 12.4 Å². The van der Waals surface area contributed by atoms with Gasteiger partial charge < -0.3 is 10.6 Å². The molecule has 1 amide bonds. The second kappa shape index (κ2) is 8.14. The maximum absolute atomic E-state index is 13.4. The van der Waals surface area contributed by atoms with E-state index in [1.54, 1.807) is 0 Å². The molecule has 0 unspecified atom stereocenters. The number of hydrogen-bond donors (Lipinski definition) is 2. The Hall–Kier alpha value is -1.24. The van der Waals surface area contributed by atoms with E-state index in [1.807, 2.05) is 0 Å². The van der Waals surface area contributed by atoms with Crippen molar-refractivity contribution in [2.24, 2.45) is 0 Å². The molecule has 0 aromatic heterocycles. The maximum atomic E-state index is 13.4. The van der Waals surface area contributed by atoms with Crippen LogP contribution in [-0.4, -0.2) is 50.1 Å². The van der Waals surface area contributed by atoms with Crippen LogP contribution in [0.3, 0.4) is 0 Å². The fourth-order valence-electron chi connectivity index (χ4n) is 2.04. The van der Waals surface area contributed by atoms with Gasteiger partial charge in [-0.1, -0.05) is 6.07 Å². The first-order valence-corrected chi connectivity index (χ1v) is 6.34. The Kier molecular flexibility index (Phi) is 6.84. The first-order chi connectivity index (χ1) is 9.18. The van der Waals surface area contributed by atoms with Crippen molar-refractivity contribution >= 4 is 18.3 Å². The Morgan fingerprint density at radius 2 is 2.00 bits per heavy atom. The Balaban J connectivity index is 0.00000200. The van der Waals surface area contributed by atoms with Gasteiger partial charge in [-0.2, -0.15) is 0 Å². The number of nitrogens with one attached hydrogen (secondary N) is 2. The van der Waals surface area contributed by atoms with E-state index >= 15 is 0 Å². The number of halogens is 3. The average Bonchev–Trinajstić information content (AvgIpc) is 2.43. The SMILES string of the molecule is Cl.O=C(NCCN1CCNCC1)c1cccc(F)c1F. The lowest BCUT2D eigenvalue weighted by Crippen LogP contribution is -2.46. The predicted molar refractivity (Wildman–Crippen MR) is 75.2 cm³/mol. The highest BCUT2D eigenvalue weighted by Crippen LogP contribution is 2.10. The predicted octanol–water partition coefficient (Wildman–Crippen LogP) is 1.02. The van der Waals surface area contributed by atoms with Gasteiger partial charge in [0.1, 0.15) is 0 Å². The third-order valence-corrected chi connectivity index (χ3v) is 3.12. The quantitative estimate of drug-likeness (QED) is 0.873. The normalized spacial score (nSPS) is 15.5. The van der Waals surface area contributed by atoms with Crippen LogP contribution >= 0.6 is 12.4 Å². The largest absolute Gasteiger partial charge is 0.351 e. The van der Waals surface area contributed by atoms with E-state index in [0.717, 1.165) is 32.2 Å². The molecule has 0 spiro atoms. The van der Waals surface area contributed by atoms with Gasteiger partial charge in [0.05, 0.1) is 5.56 Å². The molecule has 112 valence electrons. The minimum atomic E-state index is -1.10. The molecular formula is C13H18ClF2N3O. The van der Waals surface area contributed by atoms with E-state index in [-0.39, 0.29) is 18.0 Å². The number of amides is 1. The number of nitrogens with zero attached hydrogens (tertiary/aromatic N) is 1. The van der Waals surface area contributed by atoms with Crippen molar-refractivity contribution in [2.75, 3.05) is 39.3 Å². The van der Waals surface area contributed by atoms with Crippen LogP contribution in [0.15, 0.2) is 18.2 Å². The lowest BCUT2D eigenvalue weighted by Gasteiger charge is -2.27. The molecule has 1 aromatic rings. The second-order valence-corrected chi connectivity index (χ2v) is 4.45. The summed E-state index contributed by atoms with van der Waals surface area (Å²) in [5.74, 6) is -2.68. The smallest absolute Gasteiger partial charge is 0.254 e. The van der Waals surface area contributed by atoms with Gasteiger partial charge >= 0.3 is 0 Å². The lowest BCUT2D eigenvalue weighted by molar-refractivity contribution is 0.0942. The fourth-order valence-corrected chi connectivity index (χ4v) is 2.04. The fraction of sp³-hybridized carbons (Fsp3) is 0.462. The zero-order valence-corrected chi connectivity index (χ0v) is 11.8. The summed E-state index contributed by atoms with van der Waals surface area (Å²) in [6, 6.07) is 3.59. The van der Waals surface area contributed by atoms with Gasteiger partial charge in [-0.3, -0.25) is 9.69 Å². The van der Waals surface area contributed by atoms with Gasteiger partial charge in [0.2, 0.25) is 0 Å². The minimum Gasteiger partial charge on any atom is -0.351 e. The third-order valence-electron chi connectivity index (χ3n) is 3.12. The van der Waals surface area contributed by atoms with Crippen molar-refractivity contribution in [2.45, 2.75) is 0 Å². The van der Waals surface area contributed by atoms with Crippen molar-refractivity contribution in [3.63, 3.8) is 0 Å². The Morgan fingerprint density at radius 3 is 2.70 bits per heavy atom. The molecule has 4 nitrogen and oxygen atoms in total. The summed E-state index contributed by atoms with van der Waals surface area (Å²) < 4.78 is 26.4. The highest BCUT2D eigenvalue weighted by molar-refractivity contribution is 5.94. The zero-order chi connectivity index (χ0) is 13.7. The van der Waals surface area contributed by atoms with Gasteiger partial charge in [0.25, 0.3) is 5.91 Å². The van der Waals surface area contributed by atoms with Crippen LogP contribution in [0.25, 0.3) is 0 Å². The van der Waals surface area contributed by atoms with Crippen LogP contribution in [-0.2, 0) is 0 Å². The summed E-state index contributed by atoms with van der Waals surface area (Å²) in [5.41, 5.74) is -0.250. The average molecular weight is 306 g/mol. The highest BCUT2D eigenvalue weighted by Gasteiger charge is 2.15. The van der Waals surface area contributed by atoms with E-state index in [9.17, 15) is 13.6 Å². The number of rotatable bonds is 4. The number of carbonyl (C=O) groups is 1. The summed E-state index contributed by atoms with van der Waals surface area (Å²) >= 11 is 0. The van der Waals surface area contributed by atoms with Crippen LogP contribution in [0.1, 0.15) is 10.4 Å². The van der Waals surface area contributed by atoms with Crippen LogP contribution in [0.4, 0.5) is 8.78 Å². The topological polar surface area (TPSA) is 44.4 Å². The number of carbonyl (C=O) groups excluding carboxylic acids is 1. The van der Waals surface area contributed by atoms with Crippen LogP contribution in [0, 0.1) is 11.6 Å². The van der Waals surface area contributed by atoms with Gasteiger partial charge in [-0.25, -0.2) is 8.78 Å². The van der Waals surface area contributed by atoms with E-state index in [1.165, 1.54) is 12.1 Å². The van der Waals surface area contributed by atoms with Crippen molar-refractivity contribution in [1.29, 1.82) is 0 Å². The first-order valence-electron chi connectivity index (χ1n) is 6.34. The molecule has 2 rings (SSSR count). The molecule has 7 heteroatoms. The number of piperazine rings is 1. The summed E-state index contributed by atoms with van der Waals surface area (Å²) in [5, 5.41) is 5.84. The van der Waals surface area contributed by atoms with Crippen molar-refractivity contribution < 1.29 is 13.6 Å². The molecule has 1 fully saturated rings. The van der Waals surface area contributed by atoms with E-state index in [2.05, 4.69) is 15.5 Å². The molecule has 1 heterocycles. The summed E-state index contributed by atoms with van der Waals surface area (Å²) in [6.45, 7) is 4.88. The highest BCUT2D eigenvalue weighted by atomic mass is 35.5. The zero-order valence-electron chi connectivity index (χ0n) is 11.0. The number of benzene rings is 1. The molecule has 0 radical (unpaired) electrons. The molecule has 0 saturated carbocycles. The molecule has 2 N–H and O–H groups in total. The number of hydrogen-bond acceptors (Lipinski definition) is 3. The second-order valence-electron chi connectivity index (χ2n) is 4.45. The summed E-state index contributed by atoms with van der Waals surface area (Å²) in [7, 11) is 0. The van der Waals surface area contributed by atoms with Gasteiger partial charge in [0, 0.05) is 39.3 Å². The molecule has 20 heavy (non-hydrogen) atoms. The molecule has 1 aliphatic heterocycles. The minimum absolute atomic E-state index is 0. The first kappa shape index (κ1) is 16.8. The monoisotopic (exact) mass is 305 g/mol. The molecular weight excluding hydrogens is 288 g/mol. The van der Waals surface area contributed by atoms with E-state index < -0.39 is 17.5 Å². The summed E-state index contributed by atoms with van der Waals surface area (Å²) in [6.07, 6.45) is 0. The van der Waals surface area contributed by atoms with Crippen molar-refractivity contribution in [1.82, 2.24) is 15.5 Å². The molecule has 0 bridgehead atoms. The van der Waals surface area contributed by atoms with Crippen molar-refractivity contribution in [3.8, 4) is 0 Å².